The van der Waals surface area contributed by atoms with Crippen LogP contribution in [-0.4, -0.2) is 26.9 Å². The van der Waals surface area contributed by atoms with Crippen LogP contribution in [0.4, 0.5) is 0 Å². The van der Waals surface area contributed by atoms with E-state index in [4.69, 9.17) is 19.9 Å². The predicted molar refractivity (Wildman–Crippen MR) is 81.4 cm³/mol. The molecule has 4 heteroatoms. The third kappa shape index (κ3) is 4.87. The van der Waals surface area contributed by atoms with Crippen LogP contribution in [-0.2, 0) is 17.7 Å². The molecule has 0 bridgehead atoms. The van der Waals surface area contributed by atoms with Crippen LogP contribution in [0.15, 0.2) is 24.8 Å². The van der Waals surface area contributed by atoms with Crippen LogP contribution >= 0.6 is 0 Å². The molecule has 0 radical (unpaired) electrons. The minimum Gasteiger partial charge on any atom is -0.493 e. The van der Waals surface area contributed by atoms with Gasteiger partial charge in [0.2, 0.25) is 0 Å². The van der Waals surface area contributed by atoms with Crippen LogP contribution in [0.5, 0.6) is 11.5 Å². The SMILES string of the molecule is C=CCc1cc(CN)cc(OC)c1OCCOCCC. The van der Waals surface area contributed by atoms with Gasteiger partial charge in [0.15, 0.2) is 11.5 Å². The first kappa shape index (κ1) is 16.5. The van der Waals surface area contributed by atoms with Crippen LogP contribution in [0.1, 0.15) is 24.5 Å². The van der Waals surface area contributed by atoms with Gasteiger partial charge in [-0.15, -0.1) is 6.58 Å². The fraction of sp³-hybridized carbons (Fsp3) is 0.500. The smallest absolute Gasteiger partial charge is 0.164 e. The fourth-order valence-electron chi connectivity index (χ4n) is 1.91. The van der Waals surface area contributed by atoms with Crippen molar-refractivity contribution in [2.24, 2.45) is 5.73 Å². The Balaban J connectivity index is 2.81. The van der Waals surface area contributed by atoms with Crippen molar-refractivity contribution in [3.63, 3.8) is 0 Å². The molecule has 2 N–H and O–H groups in total. The molecule has 0 spiro atoms. The van der Waals surface area contributed by atoms with Crippen molar-refractivity contribution in [2.75, 3.05) is 26.9 Å². The maximum atomic E-state index is 5.82. The number of benzene rings is 1. The lowest BCUT2D eigenvalue weighted by Gasteiger charge is -2.16. The fourth-order valence-corrected chi connectivity index (χ4v) is 1.91. The van der Waals surface area contributed by atoms with Gasteiger partial charge in [-0.2, -0.15) is 0 Å². The second-order valence-corrected chi connectivity index (χ2v) is 4.44. The highest BCUT2D eigenvalue weighted by Gasteiger charge is 2.12. The summed E-state index contributed by atoms with van der Waals surface area (Å²) in [6.07, 6.45) is 3.57. The Morgan fingerprint density at radius 3 is 2.65 bits per heavy atom. The van der Waals surface area contributed by atoms with Crippen molar-refractivity contribution in [1.82, 2.24) is 0 Å². The zero-order chi connectivity index (χ0) is 14.8. The topological polar surface area (TPSA) is 53.7 Å². The number of methoxy groups -OCH3 is 1. The summed E-state index contributed by atoms with van der Waals surface area (Å²) in [5.74, 6) is 1.46. The second kappa shape index (κ2) is 9.39. The molecule has 4 nitrogen and oxygen atoms in total. The summed E-state index contributed by atoms with van der Waals surface area (Å²) < 4.78 is 16.6. The van der Waals surface area contributed by atoms with Crippen LogP contribution in [0.2, 0.25) is 0 Å². The first-order valence-electron chi connectivity index (χ1n) is 6.98. The Morgan fingerprint density at radius 2 is 2.05 bits per heavy atom. The predicted octanol–water partition coefficient (Wildman–Crippen LogP) is 2.69. The normalized spacial score (nSPS) is 10.3. The van der Waals surface area contributed by atoms with E-state index >= 15 is 0 Å². The van der Waals surface area contributed by atoms with E-state index in [1.54, 1.807) is 7.11 Å². The molecule has 1 aromatic carbocycles. The lowest BCUT2D eigenvalue weighted by Crippen LogP contribution is -2.10. The first-order valence-corrected chi connectivity index (χ1v) is 6.98. The van der Waals surface area contributed by atoms with Crippen LogP contribution in [0, 0.1) is 0 Å². The number of nitrogens with two attached hydrogens (primary N) is 1. The van der Waals surface area contributed by atoms with Gasteiger partial charge in [0.05, 0.1) is 13.7 Å². The number of allylic oxidation sites excluding steroid dienone is 1. The molecule has 0 fully saturated rings. The van der Waals surface area contributed by atoms with Gasteiger partial charge >= 0.3 is 0 Å². The van der Waals surface area contributed by atoms with Crippen molar-refractivity contribution in [3.8, 4) is 11.5 Å². The Labute approximate surface area is 121 Å². The van der Waals surface area contributed by atoms with E-state index < -0.39 is 0 Å². The van der Waals surface area contributed by atoms with Crippen molar-refractivity contribution in [1.29, 1.82) is 0 Å². The van der Waals surface area contributed by atoms with E-state index in [0.29, 0.717) is 25.5 Å². The zero-order valence-corrected chi connectivity index (χ0v) is 12.5. The van der Waals surface area contributed by atoms with Crippen molar-refractivity contribution in [3.05, 3.63) is 35.9 Å². The zero-order valence-electron chi connectivity index (χ0n) is 12.5. The van der Waals surface area contributed by atoms with E-state index in [2.05, 4.69) is 13.5 Å². The Kier molecular flexibility index (Phi) is 7.77. The molecule has 0 heterocycles. The molecule has 112 valence electrons. The Hall–Kier alpha value is -1.52. The Bertz CT molecular complexity index is 418. The van der Waals surface area contributed by atoms with Crippen molar-refractivity contribution < 1.29 is 14.2 Å². The summed E-state index contributed by atoms with van der Waals surface area (Å²) in [6, 6.07) is 3.95. The lowest BCUT2D eigenvalue weighted by molar-refractivity contribution is 0.0992. The standard InChI is InChI=1S/C16H25NO3/c1-4-6-14-10-13(12-17)11-15(18-3)16(14)20-9-8-19-7-5-2/h4,10-11H,1,5-9,12,17H2,2-3H3. The maximum Gasteiger partial charge on any atom is 0.164 e. The van der Waals surface area contributed by atoms with Gasteiger partial charge in [0, 0.05) is 18.7 Å². The highest BCUT2D eigenvalue weighted by atomic mass is 16.5. The summed E-state index contributed by atoms with van der Waals surface area (Å²) in [4.78, 5) is 0. The molecule has 0 aliphatic carbocycles. The molecule has 0 aliphatic rings. The Morgan fingerprint density at radius 1 is 1.25 bits per heavy atom. The van der Waals surface area contributed by atoms with Gasteiger partial charge in [-0.25, -0.2) is 0 Å². The minimum absolute atomic E-state index is 0.473. The molecule has 0 aliphatic heterocycles. The second-order valence-electron chi connectivity index (χ2n) is 4.44. The van der Waals surface area contributed by atoms with Crippen LogP contribution in [0.3, 0.4) is 0 Å². The number of rotatable bonds is 10. The summed E-state index contributed by atoms with van der Waals surface area (Å²) in [6.45, 7) is 8.16. The van der Waals surface area contributed by atoms with E-state index in [9.17, 15) is 0 Å². The molecule has 0 unspecified atom stereocenters. The average Bonchev–Trinajstić information content (AvgIpc) is 2.48. The van der Waals surface area contributed by atoms with E-state index in [1.807, 2.05) is 18.2 Å². The minimum atomic E-state index is 0.473. The van der Waals surface area contributed by atoms with Gasteiger partial charge in [-0.3, -0.25) is 0 Å². The monoisotopic (exact) mass is 279 g/mol. The number of hydrogen-bond acceptors (Lipinski definition) is 4. The van der Waals surface area contributed by atoms with Crippen molar-refractivity contribution in [2.45, 2.75) is 26.3 Å². The summed E-state index contributed by atoms with van der Waals surface area (Å²) in [5, 5.41) is 0. The van der Waals surface area contributed by atoms with Gasteiger partial charge in [0.1, 0.15) is 6.61 Å². The highest BCUT2D eigenvalue weighted by Crippen LogP contribution is 2.33. The molecule has 0 saturated carbocycles. The molecule has 0 aromatic heterocycles. The molecular formula is C16H25NO3. The molecule has 0 amide bonds. The van der Waals surface area contributed by atoms with Gasteiger partial charge < -0.3 is 19.9 Å². The van der Waals surface area contributed by atoms with E-state index in [-0.39, 0.29) is 0 Å². The molecule has 1 aromatic rings. The van der Waals surface area contributed by atoms with Crippen molar-refractivity contribution >= 4 is 0 Å². The lowest BCUT2D eigenvalue weighted by atomic mass is 10.1. The number of hydrogen-bond donors (Lipinski definition) is 1. The molecule has 0 atom stereocenters. The van der Waals surface area contributed by atoms with Gasteiger partial charge in [-0.05, 0) is 24.5 Å². The summed E-state index contributed by atoms with van der Waals surface area (Å²) >= 11 is 0. The molecule has 1 rings (SSSR count). The summed E-state index contributed by atoms with van der Waals surface area (Å²) in [5.41, 5.74) is 7.76. The summed E-state index contributed by atoms with van der Waals surface area (Å²) in [7, 11) is 1.63. The highest BCUT2D eigenvalue weighted by molar-refractivity contribution is 5.50. The quantitative estimate of drug-likeness (QED) is 0.528. The maximum absolute atomic E-state index is 5.82. The van der Waals surface area contributed by atoms with Gasteiger partial charge in [-0.1, -0.05) is 19.1 Å². The third-order valence-electron chi connectivity index (χ3n) is 2.83. The number of ether oxygens (including phenoxy) is 3. The molecule has 20 heavy (non-hydrogen) atoms. The largest absolute Gasteiger partial charge is 0.493 e. The van der Waals surface area contributed by atoms with E-state index in [0.717, 1.165) is 36.3 Å². The average molecular weight is 279 g/mol. The molecular weight excluding hydrogens is 254 g/mol. The van der Waals surface area contributed by atoms with Crippen LogP contribution in [0.25, 0.3) is 0 Å². The first-order chi connectivity index (χ1) is 9.76. The van der Waals surface area contributed by atoms with Gasteiger partial charge in [0.25, 0.3) is 0 Å². The van der Waals surface area contributed by atoms with Crippen LogP contribution < -0.4 is 15.2 Å². The van der Waals surface area contributed by atoms with E-state index in [1.165, 1.54) is 0 Å². The third-order valence-corrected chi connectivity index (χ3v) is 2.83. The molecule has 0 saturated heterocycles.